The van der Waals surface area contributed by atoms with Gasteiger partial charge in [-0.1, -0.05) is 16.8 Å². The molecular weight excluding hydrogens is 380 g/mol. The van der Waals surface area contributed by atoms with Crippen molar-refractivity contribution < 1.29 is 14.3 Å². The van der Waals surface area contributed by atoms with E-state index in [4.69, 9.17) is 21.1 Å². The molecule has 0 radical (unpaired) electrons. The molecule has 0 saturated heterocycles. The molecule has 0 aliphatic carbocycles. The molecule has 0 aliphatic rings. The van der Waals surface area contributed by atoms with Crippen LogP contribution in [0, 0.1) is 0 Å². The standard InChI is InChI=1S/C15H15ClN6O3S/c1-24-8-25-10-2-3-11(12(16)5-10)15-18-9(7-26-15)4-14(23)17-6-13-19-21-22-20-13/h2-3,5,7H,4,6,8H2,1H3,(H,17,23)(H,19,20,21,22). The molecule has 1 amide bonds. The Bertz CT molecular complexity index is 870. The smallest absolute Gasteiger partial charge is 0.226 e. The Kier molecular flexibility index (Phi) is 6.10. The van der Waals surface area contributed by atoms with E-state index in [-0.39, 0.29) is 25.7 Å². The topological polar surface area (TPSA) is 115 Å². The fourth-order valence-electron chi connectivity index (χ4n) is 2.06. The van der Waals surface area contributed by atoms with Crippen LogP contribution in [0.25, 0.3) is 10.6 Å². The van der Waals surface area contributed by atoms with E-state index >= 15 is 0 Å². The van der Waals surface area contributed by atoms with Crippen molar-refractivity contribution in [2.75, 3.05) is 13.9 Å². The lowest BCUT2D eigenvalue weighted by Gasteiger charge is -2.06. The van der Waals surface area contributed by atoms with Gasteiger partial charge in [-0.05, 0) is 18.2 Å². The minimum absolute atomic E-state index is 0.149. The second-order valence-electron chi connectivity index (χ2n) is 5.12. The number of H-pyrrole nitrogens is 1. The van der Waals surface area contributed by atoms with Crippen molar-refractivity contribution >= 4 is 28.8 Å². The molecule has 0 bridgehead atoms. The molecule has 11 heteroatoms. The molecule has 1 aromatic carbocycles. The lowest BCUT2D eigenvalue weighted by atomic mass is 10.2. The number of aromatic amines is 1. The summed E-state index contributed by atoms with van der Waals surface area (Å²) in [6.07, 6.45) is 0.154. The van der Waals surface area contributed by atoms with E-state index in [2.05, 4.69) is 30.9 Å². The predicted molar refractivity (Wildman–Crippen MR) is 94.8 cm³/mol. The van der Waals surface area contributed by atoms with Crippen LogP contribution >= 0.6 is 22.9 Å². The monoisotopic (exact) mass is 394 g/mol. The fraction of sp³-hybridized carbons (Fsp3) is 0.267. The Hall–Kier alpha value is -2.56. The summed E-state index contributed by atoms with van der Waals surface area (Å²) in [5.74, 6) is 0.846. The zero-order valence-electron chi connectivity index (χ0n) is 13.7. The zero-order chi connectivity index (χ0) is 18.4. The predicted octanol–water partition coefficient (Wildman–Crippen LogP) is 1.82. The molecule has 3 aromatic rings. The highest BCUT2D eigenvalue weighted by atomic mass is 35.5. The summed E-state index contributed by atoms with van der Waals surface area (Å²) in [5.41, 5.74) is 1.44. The first kappa shape index (κ1) is 18.2. The van der Waals surface area contributed by atoms with E-state index < -0.39 is 0 Å². The number of amides is 1. The Morgan fingerprint density at radius 2 is 2.31 bits per heavy atom. The van der Waals surface area contributed by atoms with Crippen LogP contribution in [0.1, 0.15) is 11.5 Å². The average Bonchev–Trinajstić information content (AvgIpc) is 3.30. The Labute approximate surface area is 157 Å². The number of nitrogens with one attached hydrogen (secondary N) is 2. The number of methoxy groups -OCH3 is 1. The molecule has 9 nitrogen and oxygen atoms in total. The van der Waals surface area contributed by atoms with Gasteiger partial charge in [0.15, 0.2) is 12.6 Å². The summed E-state index contributed by atoms with van der Waals surface area (Å²) >= 11 is 7.73. The Morgan fingerprint density at radius 1 is 1.42 bits per heavy atom. The molecule has 26 heavy (non-hydrogen) atoms. The van der Waals surface area contributed by atoms with Crippen LogP contribution < -0.4 is 10.1 Å². The summed E-state index contributed by atoms with van der Waals surface area (Å²) in [6.45, 7) is 0.358. The van der Waals surface area contributed by atoms with Gasteiger partial charge in [0.05, 0.1) is 23.7 Å². The van der Waals surface area contributed by atoms with Gasteiger partial charge in [0, 0.05) is 18.1 Å². The number of hydrogen-bond acceptors (Lipinski definition) is 8. The Morgan fingerprint density at radius 3 is 3.04 bits per heavy atom. The molecule has 0 aliphatic heterocycles. The molecule has 0 atom stereocenters. The number of aromatic nitrogens is 5. The number of thiazole rings is 1. The number of tetrazole rings is 1. The zero-order valence-corrected chi connectivity index (χ0v) is 15.3. The van der Waals surface area contributed by atoms with Crippen LogP contribution in [0.4, 0.5) is 0 Å². The van der Waals surface area contributed by atoms with E-state index in [1.807, 2.05) is 11.4 Å². The number of nitrogens with zero attached hydrogens (tertiary/aromatic N) is 4. The number of rotatable bonds is 8. The average molecular weight is 395 g/mol. The number of halogens is 1. The second kappa shape index (κ2) is 8.70. The number of ether oxygens (including phenoxy) is 2. The van der Waals surface area contributed by atoms with E-state index in [1.165, 1.54) is 11.3 Å². The molecule has 136 valence electrons. The third kappa shape index (κ3) is 4.75. The van der Waals surface area contributed by atoms with Crippen molar-refractivity contribution in [1.82, 2.24) is 30.9 Å². The SMILES string of the molecule is COCOc1ccc(-c2nc(CC(=O)NCc3nn[nH]n3)cs2)c(Cl)c1. The first-order chi connectivity index (χ1) is 12.7. The van der Waals surface area contributed by atoms with E-state index in [0.717, 1.165) is 10.6 Å². The van der Waals surface area contributed by atoms with Gasteiger partial charge >= 0.3 is 0 Å². The summed E-state index contributed by atoms with van der Waals surface area (Å²) < 4.78 is 10.2. The van der Waals surface area contributed by atoms with Crippen molar-refractivity contribution in [1.29, 1.82) is 0 Å². The van der Waals surface area contributed by atoms with Gasteiger partial charge in [0.25, 0.3) is 0 Å². The molecule has 3 rings (SSSR count). The third-order valence-electron chi connectivity index (χ3n) is 3.24. The maximum atomic E-state index is 12.0. The maximum absolute atomic E-state index is 12.0. The second-order valence-corrected chi connectivity index (χ2v) is 6.38. The molecule has 0 fully saturated rings. The van der Waals surface area contributed by atoms with Crippen molar-refractivity contribution in [3.05, 3.63) is 40.1 Å². The largest absolute Gasteiger partial charge is 0.468 e. The van der Waals surface area contributed by atoms with Gasteiger partial charge in [0.1, 0.15) is 10.8 Å². The summed E-state index contributed by atoms with van der Waals surface area (Å²) in [5, 5.41) is 19.1. The third-order valence-corrected chi connectivity index (χ3v) is 4.48. The lowest BCUT2D eigenvalue weighted by Crippen LogP contribution is -2.25. The highest BCUT2D eigenvalue weighted by Gasteiger charge is 2.12. The van der Waals surface area contributed by atoms with Crippen molar-refractivity contribution in [2.24, 2.45) is 0 Å². The van der Waals surface area contributed by atoms with Gasteiger partial charge in [0.2, 0.25) is 5.91 Å². The normalized spacial score (nSPS) is 10.7. The highest BCUT2D eigenvalue weighted by Crippen LogP contribution is 2.33. The minimum atomic E-state index is -0.180. The number of carbonyl (C=O) groups is 1. The molecular formula is C15H15ClN6O3S. The van der Waals surface area contributed by atoms with Crippen molar-refractivity contribution in [3.8, 4) is 16.3 Å². The van der Waals surface area contributed by atoms with Crippen molar-refractivity contribution in [2.45, 2.75) is 13.0 Å². The van der Waals surface area contributed by atoms with E-state index in [1.54, 1.807) is 19.2 Å². The maximum Gasteiger partial charge on any atom is 0.226 e. The quantitative estimate of drug-likeness (QED) is 0.560. The molecule has 0 spiro atoms. The fourth-order valence-corrected chi connectivity index (χ4v) is 3.23. The van der Waals surface area contributed by atoms with E-state index in [9.17, 15) is 4.79 Å². The lowest BCUT2D eigenvalue weighted by molar-refractivity contribution is -0.120. The Balaban J connectivity index is 1.61. The van der Waals surface area contributed by atoms with Crippen LogP contribution in [0.2, 0.25) is 5.02 Å². The van der Waals surface area contributed by atoms with Crippen LogP contribution in [0.3, 0.4) is 0 Å². The summed E-state index contributed by atoms with van der Waals surface area (Å²) in [6, 6.07) is 5.32. The number of benzene rings is 1. The van der Waals surface area contributed by atoms with Crippen LogP contribution in [-0.4, -0.2) is 45.4 Å². The first-order valence-electron chi connectivity index (χ1n) is 7.51. The van der Waals surface area contributed by atoms with Crippen LogP contribution in [-0.2, 0) is 22.5 Å². The van der Waals surface area contributed by atoms with E-state index in [0.29, 0.717) is 22.3 Å². The molecule has 0 saturated carbocycles. The molecule has 0 unspecified atom stereocenters. The number of hydrogen-bond donors (Lipinski definition) is 2. The van der Waals surface area contributed by atoms with Crippen LogP contribution in [0.15, 0.2) is 23.6 Å². The van der Waals surface area contributed by atoms with Crippen LogP contribution in [0.5, 0.6) is 5.75 Å². The molecule has 2 N–H and O–H groups in total. The highest BCUT2D eigenvalue weighted by molar-refractivity contribution is 7.13. The number of carbonyl (C=O) groups excluding carboxylic acids is 1. The van der Waals surface area contributed by atoms with Gasteiger partial charge in [-0.2, -0.15) is 5.21 Å². The van der Waals surface area contributed by atoms with Crippen molar-refractivity contribution in [3.63, 3.8) is 0 Å². The molecule has 2 heterocycles. The molecule has 2 aromatic heterocycles. The van der Waals surface area contributed by atoms with Gasteiger partial charge < -0.3 is 14.8 Å². The van der Waals surface area contributed by atoms with Gasteiger partial charge in [-0.25, -0.2) is 4.98 Å². The minimum Gasteiger partial charge on any atom is -0.468 e. The summed E-state index contributed by atoms with van der Waals surface area (Å²) in [7, 11) is 1.55. The van der Waals surface area contributed by atoms with Gasteiger partial charge in [-0.3, -0.25) is 4.79 Å². The summed E-state index contributed by atoms with van der Waals surface area (Å²) in [4.78, 5) is 16.5. The first-order valence-corrected chi connectivity index (χ1v) is 8.76. The van der Waals surface area contributed by atoms with Gasteiger partial charge in [-0.15, -0.1) is 21.5 Å².